The fourth-order valence-electron chi connectivity index (χ4n) is 2.49. The van der Waals surface area contributed by atoms with Crippen molar-refractivity contribution < 1.29 is 17.6 Å². The Labute approximate surface area is 173 Å². The Morgan fingerprint density at radius 3 is 2.52 bits per heavy atom. The maximum atomic E-state index is 13.2. The van der Waals surface area contributed by atoms with Gasteiger partial charge < -0.3 is 4.42 Å². The summed E-state index contributed by atoms with van der Waals surface area (Å²) >= 11 is 6.21. The van der Waals surface area contributed by atoms with Gasteiger partial charge in [-0.2, -0.15) is 5.10 Å². The van der Waals surface area contributed by atoms with Gasteiger partial charge in [-0.15, -0.1) is 0 Å². The molecule has 3 rings (SSSR count). The lowest BCUT2D eigenvalue weighted by atomic mass is 10.2. The summed E-state index contributed by atoms with van der Waals surface area (Å²) in [4.78, 5) is 12.4. The third-order valence-electron chi connectivity index (χ3n) is 3.94. The molecule has 0 aliphatic rings. The first-order chi connectivity index (χ1) is 13.9. The fourth-order valence-corrected chi connectivity index (χ4v) is 4.22. The number of furan rings is 1. The van der Waals surface area contributed by atoms with Gasteiger partial charge in [0.15, 0.2) is 0 Å². The Hall–Kier alpha value is -3.10. The van der Waals surface area contributed by atoms with Gasteiger partial charge in [-0.05, 0) is 43.3 Å². The molecule has 0 bridgehead atoms. The Morgan fingerprint density at radius 2 is 1.86 bits per heavy atom. The van der Waals surface area contributed by atoms with Crippen molar-refractivity contribution in [3.8, 4) is 0 Å². The first-order valence-electron chi connectivity index (χ1n) is 8.57. The molecule has 3 aromatic rings. The van der Waals surface area contributed by atoms with Gasteiger partial charge in [0.2, 0.25) is 0 Å². The molecule has 1 heterocycles. The van der Waals surface area contributed by atoms with E-state index in [0.29, 0.717) is 5.76 Å². The van der Waals surface area contributed by atoms with E-state index >= 15 is 0 Å². The Kier molecular flexibility index (Phi) is 6.36. The average molecular weight is 432 g/mol. The van der Waals surface area contributed by atoms with Gasteiger partial charge >= 0.3 is 0 Å². The van der Waals surface area contributed by atoms with Crippen LogP contribution < -0.4 is 9.73 Å². The Balaban J connectivity index is 1.88. The topological polar surface area (TPSA) is 92.0 Å². The molecule has 0 aliphatic carbocycles. The van der Waals surface area contributed by atoms with Crippen LogP contribution in [-0.4, -0.2) is 27.1 Å². The van der Waals surface area contributed by atoms with E-state index < -0.39 is 22.5 Å². The molecular formula is C20H18ClN3O4S. The maximum Gasteiger partial charge on any atom is 0.264 e. The summed E-state index contributed by atoms with van der Waals surface area (Å²) in [5.41, 5.74) is 3.40. The van der Waals surface area contributed by atoms with Crippen LogP contribution in [0, 0.1) is 6.92 Å². The highest BCUT2D eigenvalue weighted by Crippen LogP contribution is 2.30. The molecule has 1 aromatic heterocycles. The van der Waals surface area contributed by atoms with Crippen LogP contribution in [0.3, 0.4) is 0 Å². The Morgan fingerprint density at radius 1 is 1.14 bits per heavy atom. The molecule has 0 atom stereocenters. The van der Waals surface area contributed by atoms with Crippen LogP contribution in [0.4, 0.5) is 5.69 Å². The average Bonchev–Trinajstić information content (AvgIpc) is 3.20. The lowest BCUT2D eigenvalue weighted by molar-refractivity contribution is -0.119. The highest BCUT2D eigenvalue weighted by molar-refractivity contribution is 7.92. The van der Waals surface area contributed by atoms with E-state index in [1.165, 1.54) is 30.7 Å². The monoisotopic (exact) mass is 431 g/mol. The van der Waals surface area contributed by atoms with Crippen LogP contribution in [-0.2, 0) is 14.8 Å². The first-order valence-corrected chi connectivity index (χ1v) is 10.4. The standard InChI is InChI=1S/C20H18ClN3O4S/c1-15-8-10-17(11-9-15)29(26,27)24(19-7-3-2-6-18(19)21)14-20(25)23-22-13-16-5-4-12-28-16/h2-13H,14H2,1H3,(H,23,25)/b22-13-. The van der Waals surface area contributed by atoms with Crippen LogP contribution in [0.5, 0.6) is 0 Å². The number of amides is 1. The molecule has 0 saturated carbocycles. The van der Waals surface area contributed by atoms with Gasteiger partial charge in [0.1, 0.15) is 12.3 Å². The van der Waals surface area contributed by atoms with E-state index in [1.54, 1.807) is 42.5 Å². The third-order valence-corrected chi connectivity index (χ3v) is 6.04. The molecule has 0 aliphatic heterocycles. The molecule has 0 radical (unpaired) electrons. The van der Waals surface area contributed by atoms with E-state index in [9.17, 15) is 13.2 Å². The predicted molar refractivity (Wildman–Crippen MR) is 112 cm³/mol. The van der Waals surface area contributed by atoms with Crippen LogP contribution in [0.1, 0.15) is 11.3 Å². The summed E-state index contributed by atoms with van der Waals surface area (Å²) < 4.78 is 32.5. The first kappa shape index (κ1) is 20.6. The number of carbonyl (C=O) groups excluding carboxylic acids is 1. The number of nitrogens with one attached hydrogen (secondary N) is 1. The van der Waals surface area contributed by atoms with Gasteiger partial charge in [0, 0.05) is 0 Å². The molecule has 0 fully saturated rings. The minimum atomic E-state index is -4.04. The van der Waals surface area contributed by atoms with Crippen molar-refractivity contribution in [1.82, 2.24) is 5.43 Å². The van der Waals surface area contributed by atoms with Crippen LogP contribution >= 0.6 is 11.6 Å². The molecule has 9 heteroatoms. The van der Waals surface area contributed by atoms with E-state index in [1.807, 2.05) is 6.92 Å². The van der Waals surface area contributed by atoms with Crippen molar-refractivity contribution >= 4 is 39.4 Å². The van der Waals surface area contributed by atoms with Crippen molar-refractivity contribution in [1.29, 1.82) is 0 Å². The Bertz CT molecular complexity index is 1110. The van der Waals surface area contributed by atoms with Gasteiger partial charge in [-0.25, -0.2) is 13.8 Å². The second-order valence-corrected chi connectivity index (χ2v) is 8.35. The SMILES string of the molecule is Cc1ccc(S(=O)(=O)N(CC(=O)N/N=C\c2ccco2)c2ccccc2Cl)cc1. The molecule has 0 spiro atoms. The van der Waals surface area contributed by atoms with Crippen LogP contribution in [0.25, 0.3) is 0 Å². The number of sulfonamides is 1. The number of halogens is 1. The number of hydrogen-bond donors (Lipinski definition) is 1. The van der Waals surface area contributed by atoms with Crippen LogP contribution in [0.2, 0.25) is 5.02 Å². The van der Waals surface area contributed by atoms with E-state index in [0.717, 1.165) is 9.87 Å². The molecule has 2 aromatic carbocycles. The summed E-state index contributed by atoms with van der Waals surface area (Å²) in [6.45, 7) is 1.35. The lowest BCUT2D eigenvalue weighted by Crippen LogP contribution is -2.39. The van der Waals surface area contributed by atoms with Crippen molar-refractivity contribution in [2.24, 2.45) is 5.10 Å². The minimum absolute atomic E-state index is 0.0508. The molecule has 7 nitrogen and oxygen atoms in total. The third kappa shape index (κ3) is 5.04. The predicted octanol–water partition coefficient (Wildman–Crippen LogP) is 3.59. The molecule has 0 unspecified atom stereocenters. The fraction of sp³-hybridized carbons (Fsp3) is 0.100. The summed E-state index contributed by atoms with van der Waals surface area (Å²) in [7, 11) is -4.04. The zero-order valence-electron chi connectivity index (χ0n) is 15.4. The minimum Gasteiger partial charge on any atom is -0.463 e. The van der Waals surface area contributed by atoms with E-state index in [2.05, 4.69) is 10.5 Å². The smallest absolute Gasteiger partial charge is 0.264 e. The molecular weight excluding hydrogens is 414 g/mol. The molecule has 1 N–H and O–H groups in total. The second-order valence-electron chi connectivity index (χ2n) is 6.08. The van der Waals surface area contributed by atoms with Crippen LogP contribution in [0.15, 0.2) is 81.3 Å². The highest BCUT2D eigenvalue weighted by Gasteiger charge is 2.28. The van der Waals surface area contributed by atoms with Crippen molar-refractivity contribution in [3.63, 3.8) is 0 Å². The summed E-state index contributed by atoms with van der Waals surface area (Å²) in [6, 6.07) is 16.1. The number of nitrogens with zero attached hydrogens (tertiary/aromatic N) is 2. The van der Waals surface area contributed by atoms with Crippen molar-refractivity contribution in [2.75, 3.05) is 10.8 Å². The van der Waals surface area contributed by atoms with Gasteiger partial charge in [-0.3, -0.25) is 9.10 Å². The van der Waals surface area contributed by atoms with Gasteiger partial charge in [-0.1, -0.05) is 41.4 Å². The van der Waals surface area contributed by atoms with Gasteiger partial charge in [0.25, 0.3) is 15.9 Å². The van der Waals surface area contributed by atoms with E-state index in [4.69, 9.17) is 16.0 Å². The normalized spacial score (nSPS) is 11.5. The number of para-hydroxylation sites is 1. The highest BCUT2D eigenvalue weighted by atomic mass is 35.5. The number of carbonyl (C=O) groups is 1. The summed E-state index contributed by atoms with van der Waals surface area (Å²) in [6.07, 6.45) is 2.78. The second kappa shape index (κ2) is 8.93. The quantitative estimate of drug-likeness (QED) is 0.457. The number of aryl methyl sites for hydroxylation is 1. The zero-order chi connectivity index (χ0) is 20.9. The largest absolute Gasteiger partial charge is 0.463 e. The number of benzene rings is 2. The summed E-state index contributed by atoms with van der Waals surface area (Å²) in [5.74, 6) is -0.191. The molecule has 150 valence electrons. The number of hydrazone groups is 1. The van der Waals surface area contributed by atoms with Crippen molar-refractivity contribution in [2.45, 2.75) is 11.8 Å². The molecule has 1 amide bonds. The number of hydrogen-bond acceptors (Lipinski definition) is 5. The number of rotatable bonds is 7. The van der Waals surface area contributed by atoms with Gasteiger partial charge in [0.05, 0.1) is 28.1 Å². The zero-order valence-corrected chi connectivity index (χ0v) is 17.0. The summed E-state index contributed by atoms with van der Waals surface area (Å²) in [5, 5.41) is 3.98. The molecule has 29 heavy (non-hydrogen) atoms. The maximum absolute atomic E-state index is 13.2. The lowest BCUT2D eigenvalue weighted by Gasteiger charge is -2.24. The van der Waals surface area contributed by atoms with E-state index in [-0.39, 0.29) is 15.6 Å². The molecule has 0 saturated heterocycles. The van der Waals surface area contributed by atoms with Crippen molar-refractivity contribution in [3.05, 3.63) is 83.3 Å². The number of anilines is 1.